The van der Waals surface area contributed by atoms with E-state index in [1.165, 1.54) is 12.1 Å². The van der Waals surface area contributed by atoms with E-state index < -0.39 is 5.97 Å². The number of carbonyl (C=O) groups is 1. The number of aliphatic imine (C=N–C) groups is 1. The third kappa shape index (κ3) is 1.98. The Hall–Kier alpha value is -1.97. The Bertz CT molecular complexity index is 544. The highest BCUT2D eigenvalue weighted by Crippen LogP contribution is 2.34. The first-order valence-electron chi connectivity index (χ1n) is 5.51. The highest BCUT2D eigenvalue weighted by molar-refractivity contribution is 6.08. The fourth-order valence-electron chi connectivity index (χ4n) is 1.67. The maximum atomic E-state index is 13.4. The van der Waals surface area contributed by atoms with Gasteiger partial charge in [0.1, 0.15) is 5.82 Å². The summed E-state index contributed by atoms with van der Waals surface area (Å²) in [5, 5.41) is 0. The third-order valence-corrected chi connectivity index (χ3v) is 2.76. The van der Waals surface area contributed by atoms with Crippen LogP contribution in [0.2, 0.25) is 0 Å². The van der Waals surface area contributed by atoms with Crippen LogP contribution < -0.4 is 0 Å². The molecule has 0 unspecified atom stereocenters. The van der Waals surface area contributed by atoms with Crippen LogP contribution in [0.15, 0.2) is 35.0 Å². The summed E-state index contributed by atoms with van der Waals surface area (Å²) in [5.74, 6) is -0.0962. The number of rotatable bonds is 2. The van der Waals surface area contributed by atoms with Crippen LogP contribution in [0.4, 0.5) is 4.39 Å². The molecule has 0 spiro atoms. The van der Waals surface area contributed by atoms with Crippen LogP contribution >= 0.6 is 0 Å². The minimum atomic E-state index is -0.491. The molecular formula is C13H10FNO2. The van der Waals surface area contributed by atoms with Crippen LogP contribution in [-0.2, 0) is 9.53 Å². The van der Waals surface area contributed by atoms with Crippen LogP contribution in [0.5, 0.6) is 0 Å². The summed E-state index contributed by atoms with van der Waals surface area (Å²) in [6, 6.07) is 6.25. The van der Waals surface area contributed by atoms with E-state index in [1.54, 1.807) is 18.2 Å². The minimum Gasteiger partial charge on any atom is -0.406 e. The number of cyclic esters (lactones) is 1. The van der Waals surface area contributed by atoms with Crippen LogP contribution in [0, 0.1) is 11.7 Å². The molecule has 3 nitrogen and oxygen atoms in total. The first-order valence-corrected chi connectivity index (χ1v) is 5.51. The quantitative estimate of drug-likeness (QED) is 0.579. The lowest BCUT2D eigenvalue weighted by atomic mass is 10.2. The van der Waals surface area contributed by atoms with Gasteiger partial charge in [-0.05, 0) is 25.0 Å². The summed E-state index contributed by atoms with van der Waals surface area (Å²) in [7, 11) is 0. The molecule has 2 aliphatic rings. The second-order valence-corrected chi connectivity index (χ2v) is 4.16. The van der Waals surface area contributed by atoms with Gasteiger partial charge in [-0.2, -0.15) is 0 Å². The highest BCUT2D eigenvalue weighted by atomic mass is 19.1. The normalized spacial score (nSPS) is 21.6. The largest absolute Gasteiger partial charge is 0.406 e. The number of ether oxygens (including phenoxy) is 1. The van der Waals surface area contributed by atoms with Crippen molar-refractivity contribution in [3.8, 4) is 0 Å². The van der Waals surface area contributed by atoms with Gasteiger partial charge in [0.25, 0.3) is 0 Å². The van der Waals surface area contributed by atoms with Crippen molar-refractivity contribution in [2.75, 3.05) is 0 Å². The monoisotopic (exact) mass is 231 g/mol. The molecule has 0 bridgehead atoms. The number of benzene rings is 1. The summed E-state index contributed by atoms with van der Waals surface area (Å²) in [4.78, 5) is 15.6. The number of nitrogens with zero attached hydrogens (tertiary/aromatic N) is 1. The lowest BCUT2D eigenvalue weighted by molar-refractivity contribution is -0.130. The van der Waals surface area contributed by atoms with Gasteiger partial charge in [0.15, 0.2) is 5.70 Å². The maximum Gasteiger partial charge on any atom is 0.363 e. The molecule has 4 heteroatoms. The molecule has 1 aromatic carbocycles. The lowest BCUT2D eigenvalue weighted by Crippen LogP contribution is -2.05. The van der Waals surface area contributed by atoms with Gasteiger partial charge in [-0.25, -0.2) is 14.2 Å². The number of halogens is 1. The van der Waals surface area contributed by atoms with Crippen LogP contribution in [-0.4, -0.2) is 11.9 Å². The van der Waals surface area contributed by atoms with Crippen molar-refractivity contribution >= 4 is 17.9 Å². The van der Waals surface area contributed by atoms with Crippen molar-refractivity contribution in [3.63, 3.8) is 0 Å². The second-order valence-electron chi connectivity index (χ2n) is 4.16. The summed E-state index contributed by atoms with van der Waals surface area (Å²) >= 11 is 0. The zero-order valence-electron chi connectivity index (χ0n) is 9.02. The number of hydrogen-bond acceptors (Lipinski definition) is 3. The molecular weight excluding hydrogens is 221 g/mol. The Balaban J connectivity index is 1.93. The molecule has 0 saturated heterocycles. The van der Waals surface area contributed by atoms with Gasteiger partial charge in [0.05, 0.1) is 0 Å². The molecule has 17 heavy (non-hydrogen) atoms. The van der Waals surface area contributed by atoms with E-state index in [2.05, 4.69) is 4.99 Å². The molecule has 0 atom stereocenters. The average molecular weight is 231 g/mol. The van der Waals surface area contributed by atoms with E-state index in [0.717, 1.165) is 12.8 Å². The van der Waals surface area contributed by atoms with Gasteiger partial charge in [-0.15, -0.1) is 0 Å². The number of carbonyl (C=O) groups excluding carboxylic acids is 1. The smallest absolute Gasteiger partial charge is 0.363 e. The second kappa shape index (κ2) is 3.80. The van der Waals surface area contributed by atoms with Gasteiger partial charge >= 0.3 is 5.97 Å². The van der Waals surface area contributed by atoms with Crippen molar-refractivity contribution < 1.29 is 13.9 Å². The molecule has 1 heterocycles. The Morgan fingerprint density at radius 1 is 1.35 bits per heavy atom. The fourth-order valence-corrected chi connectivity index (χ4v) is 1.67. The average Bonchev–Trinajstić information content (AvgIpc) is 3.09. The summed E-state index contributed by atoms with van der Waals surface area (Å²) in [6.45, 7) is 0. The molecule has 1 fully saturated rings. The molecule has 1 saturated carbocycles. The van der Waals surface area contributed by atoms with Crippen molar-refractivity contribution in [3.05, 3.63) is 41.3 Å². The topological polar surface area (TPSA) is 38.7 Å². The zero-order chi connectivity index (χ0) is 11.8. The lowest BCUT2D eigenvalue weighted by Gasteiger charge is -1.95. The third-order valence-electron chi connectivity index (χ3n) is 2.76. The van der Waals surface area contributed by atoms with Crippen molar-refractivity contribution in [1.29, 1.82) is 0 Å². The maximum absolute atomic E-state index is 13.4. The molecule has 3 rings (SSSR count). The van der Waals surface area contributed by atoms with Gasteiger partial charge < -0.3 is 4.74 Å². The van der Waals surface area contributed by atoms with Crippen molar-refractivity contribution in [2.24, 2.45) is 10.9 Å². The molecule has 86 valence electrons. The standard InChI is InChI=1S/C13H10FNO2/c14-10-4-2-1-3-9(10)7-11-13(16)17-12(15-11)8-5-6-8/h1-4,7-8H,5-6H2/b11-7-. The Morgan fingerprint density at radius 2 is 2.12 bits per heavy atom. The van der Waals surface area contributed by atoms with Crippen LogP contribution in [0.3, 0.4) is 0 Å². The van der Waals surface area contributed by atoms with E-state index in [4.69, 9.17) is 4.74 Å². The van der Waals surface area contributed by atoms with E-state index in [1.807, 2.05) is 0 Å². The first kappa shape index (κ1) is 10.2. The number of esters is 1. The van der Waals surface area contributed by atoms with Crippen LogP contribution in [0.1, 0.15) is 18.4 Å². The van der Waals surface area contributed by atoms with Crippen molar-refractivity contribution in [1.82, 2.24) is 0 Å². The van der Waals surface area contributed by atoms with E-state index >= 15 is 0 Å². The van der Waals surface area contributed by atoms with Gasteiger partial charge in [-0.3, -0.25) is 0 Å². The summed E-state index contributed by atoms with van der Waals surface area (Å²) in [5.41, 5.74) is 0.525. The Morgan fingerprint density at radius 3 is 2.82 bits per heavy atom. The predicted octanol–water partition coefficient (Wildman–Crippen LogP) is 2.53. The number of hydrogen-bond donors (Lipinski definition) is 0. The Kier molecular flexibility index (Phi) is 2.28. The van der Waals surface area contributed by atoms with Gasteiger partial charge in [-0.1, -0.05) is 18.2 Å². The fraction of sp³-hybridized carbons (Fsp3) is 0.231. The van der Waals surface area contributed by atoms with E-state index in [9.17, 15) is 9.18 Å². The van der Waals surface area contributed by atoms with Gasteiger partial charge in [0, 0.05) is 11.5 Å². The van der Waals surface area contributed by atoms with E-state index in [-0.39, 0.29) is 17.4 Å². The Labute approximate surface area is 97.6 Å². The van der Waals surface area contributed by atoms with Gasteiger partial charge in [0.2, 0.25) is 5.90 Å². The SMILES string of the molecule is O=C1OC(C2CC2)=N/C1=C\c1ccccc1F. The molecule has 0 aromatic heterocycles. The molecule has 0 radical (unpaired) electrons. The molecule has 0 N–H and O–H groups in total. The van der Waals surface area contributed by atoms with E-state index in [0.29, 0.717) is 11.5 Å². The minimum absolute atomic E-state index is 0.178. The molecule has 0 amide bonds. The molecule has 1 aliphatic carbocycles. The molecule has 1 aliphatic heterocycles. The van der Waals surface area contributed by atoms with Crippen molar-refractivity contribution in [2.45, 2.75) is 12.8 Å². The zero-order valence-corrected chi connectivity index (χ0v) is 9.02. The summed E-state index contributed by atoms with van der Waals surface area (Å²) in [6.07, 6.45) is 3.45. The highest BCUT2D eigenvalue weighted by Gasteiger charge is 2.35. The summed E-state index contributed by atoms with van der Waals surface area (Å²) < 4.78 is 18.4. The predicted molar refractivity (Wildman–Crippen MR) is 60.6 cm³/mol. The van der Waals surface area contributed by atoms with Crippen LogP contribution in [0.25, 0.3) is 6.08 Å². The molecule has 1 aromatic rings. The first-order chi connectivity index (χ1) is 8.24.